The van der Waals surface area contributed by atoms with Crippen molar-refractivity contribution in [3.8, 4) is 0 Å². The summed E-state index contributed by atoms with van der Waals surface area (Å²) in [4.78, 5) is 17.7. The minimum absolute atomic E-state index is 0.297. The Kier molecular flexibility index (Phi) is 8.50. The topological polar surface area (TPSA) is 88.4 Å². The molecule has 0 aliphatic heterocycles. The average molecular weight is 369 g/mol. The molecule has 0 unspecified atom stereocenters. The number of unbranched alkanes of at least 4 members (excludes halogenated alkanes) is 2. The first kappa shape index (κ1) is 21.0. The van der Waals surface area contributed by atoms with Gasteiger partial charge in [-0.1, -0.05) is 38.8 Å². The van der Waals surface area contributed by atoms with E-state index >= 15 is 0 Å². The van der Waals surface area contributed by atoms with E-state index in [-0.39, 0.29) is 5.16 Å². The van der Waals surface area contributed by atoms with Gasteiger partial charge in [-0.25, -0.2) is 18.2 Å². The van der Waals surface area contributed by atoms with E-state index in [0.29, 0.717) is 26.2 Å². The monoisotopic (exact) mass is 369 g/mol. The van der Waals surface area contributed by atoms with Gasteiger partial charge in [0.1, 0.15) is 6.33 Å². The molecule has 1 rings (SSSR count). The Hall–Kier alpha value is -2.00. The van der Waals surface area contributed by atoms with Crippen LogP contribution in [0.4, 0.5) is 4.79 Å². The second kappa shape index (κ2) is 10.1. The quantitative estimate of drug-likeness (QED) is 0.440. The molecule has 0 radical (unpaired) electrons. The Labute approximate surface area is 149 Å². The van der Waals surface area contributed by atoms with Crippen molar-refractivity contribution in [3.63, 3.8) is 0 Å². The lowest BCUT2D eigenvalue weighted by atomic mass is 10.2. The molecular weight excluding hydrogens is 342 g/mol. The minimum Gasteiger partial charge on any atom is -0.315 e. The zero-order valence-electron chi connectivity index (χ0n) is 15.0. The van der Waals surface area contributed by atoms with E-state index in [4.69, 9.17) is 0 Å². The van der Waals surface area contributed by atoms with Gasteiger partial charge in [0.2, 0.25) is 0 Å². The highest BCUT2D eigenvalue weighted by atomic mass is 32.2. The smallest absolute Gasteiger partial charge is 0.315 e. The fraction of sp³-hybridized carbons (Fsp3) is 0.562. The Morgan fingerprint density at radius 1 is 1.24 bits per heavy atom. The third kappa shape index (κ3) is 5.50. The maximum Gasteiger partial charge on any atom is 0.346 e. The van der Waals surface area contributed by atoms with Crippen LogP contribution in [-0.2, 0) is 10.0 Å². The van der Waals surface area contributed by atoms with Gasteiger partial charge in [-0.15, -0.1) is 18.3 Å². The number of amides is 1. The third-order valence-corrected chi connectivity index (χ3v) is 5.34. The van der Waals surface area contributed by atoms with Crippen molar-refractivity contribution in [2.45, 2.75) is 38.3 Å². The molecule has 0 saturated carbocycles. The van der Waals surface area contributed by atoms with E-state index in [1.54, 1.807) is 19.1 Å². The molecule has 1 amide bonds. The summed E-state index contributed by atoms with van der Waals surface area (Å²) in [5.41, 5.74) is 0. The molecule has 9 heteroatoms. The predicted octanol–water partition coefficient (Wildman–Crippen LogP) is 2.12. The van der Waals surface area contributed by atoms with Crippen molar-refractivity contribution in [2.24, 2.45) is 0 Å². The lowest BCUT2D eigenvalue weighted by Gasteiger charge is -2.19. The van der Waals surface area contributed by atoms with Crippen LogP contribution >= 0.6 is 0 Å². The standard InChI is InChI=1S/C16H27N5O3S/c1-5-9-10-13-20(8-4)25(23,24)15-17-14-21(18-15)16(22)19(11-6-2)12-7-3/h6-7,14H,2-3,5,8-13H2,1,4H3. The molecule has 0 aliphatic rings. The maximum absolute atomic E-state index is 12.6. The number of aromatic nitrogens is 3. The third-order valence-electron chi connectivity index (χ3n) is 3.57. The van der Waals surface area contributed by atoms with Crippen LogP contribution in [0.1, 0.15) is 33.1 Å². The number of hydrogen-bond acceptors (Lipinski definition) is 5. The van der Waals surface area contributed by atoms with Crippen molar-refractivity contribution in [3.05, 3.63) is 31.6 Å². The van der Waals surface area contributed by atoms with Crippen LogP contribution in [-0.4, -0.2) is 64.6 Å². The van der Waals surface area contributed by atoms with Gasteiger partial charge >= 0.3 is 6.03 Å². The molecule has 25 heavy (non-hydrogen) atoms. The van der Waals surface area contributed by atoms with Gasteiger partial charge in [0.05, 0.1) is 0 Å². The molecule has 1 aromatic heterocycles. The minimum atomic E-state index is -3.82. The normalized spacial score (nSPS) is 11.5. The van der Waals surface area contributed by atoms with Crippen LogP contribution in [0.15, 0.2) is 36.8 Å². The van der Waals surface area contributed by atoms with Gasteiger partial charge in [0, 0.05) is 26.2 Å². The molecule has 8 nitrogen and oxygen atoms in total. The largest absolute Gasteiger partial charge is 0.346 e. The second-order valence-electron chi connectivity index (χ2n) is 5.44. The van der Waals surface area contributed by atoms with E-state index in [1.807, 2.05) is 0 Å². The first-order chi connectivity index (χ1) is 11.9. The van der Waals surface area contributed by atoms with Crippen molar-refractivity contribution < 1.29 is 13.2 Å². The highest BCUT2D eigenvalue weighted by molar-refractivity contribution is 7.88. The lowest BCUT2D eigenvalue weighted by Crippen LogP contribution is -2.36. The second-order valence-corrected chi connectivity index (χ2v) is 7.27. The summed E-state index contributed by atoms with van der Waals surface area (Å²) in [6, 6.07) is -0.484. The molecule has 1 heterocycles. The molecule has 140 valence electrons. The Bertz CT molecular complexity index is 674. The van der Waals surface area contributed by atoms with E-state index < -0.39 is 16.1 Å². The van der Waals surface area contributed by atoms with Gasteiger partial charge in [0.15, 0.2) is 0 Å². The molecule has 0 N–H and O–H groups in total. The summed E-state index contributed by atoms with van der Waals surface area (Å²) in [5, 5.41) is 3.52. The van der Waals surface area contributed by atoms with Gasteiger partial charge in [-0.05, 0) is 6.42 Å². The summed E-state index contributed by atoms with van der Waals surface area (Å²) in [5.74, 6) is 0. The number of sulfonamides is 1. The average Bonchev–Trinajstić information content (AvgIpc) is 3.08. The van der Waals surface area contributed by atoms with Crippen molar-refractivity contribution in [1.82, 2.24) is 24.0 Å². The first-order valence-corrected chi connectivity index (χ1v) is 9.79. The van der Waals surface area contributed by atoms with Gasteiger partial charge in [-0.3, -0.25) is 0 Å². The molecule has 0 bridgehead atoms. The Morgan fingerprint density at radius 2 is 1.88 bits per heavy atom. The summed E-state index contributed by atoms with van der Waals surface area (Å²) in [6.07, 6.45) is 6.99. The van der Waals surface area contributed by atoms with Crippen LogP contribution in [0, 0.1) is 0 Å². The first-order valence-electron chi connectivity index (χ1n) is 8.35. The number of hydrogen-bond donors (Lipinski definition) is 0. The molecule has 0 fully saturated rings. The van der Waals surface area contributed by atoms with Gasteiger partial charge in [-0.2, -0.15) is 8.99 Å². The van der Waals surface area contributed by atoms with E-state index in [1.165, 1.54) is 9.21 Å². The highest BCUT2D eigenvalue weighted by Crippen LogP contribution is 2.12. The molecule has 0 saturated heterocycles. The number of carbonyl (C=O) groups excluding carboxylic acids is 1. The SMILES string of the molecule is C=CCN(CC=C)C(=O)n1cnc(S(=O)(=O)N(CC)CCCCC)n1. The van der Waals surface area contributed by atoms with Gasteiger partial charge in [0.25, 0.3) is 15.2 Å². The number of nitrogens with zero attached hydrogens (tertiary/aromatic N) is 5. The molecule has 1 aromatic rings. The number of carbonyl (C=O) groups is 1. The Morgan fingerprint density at radius 3 is 2.40 bits per heavy atom. The highest BCUT2D eigenvalue weighted by Gasteiger charge is 2.28. The maximum atomic E-state index is 12.6. The van der Waals surface area contributed by atoms with Crippen LogP contribution < -0.4 is 0 Å². The van der Waals surface area contributed by atoms with Crippen molar-refractivity contribution in [2.75, 3.05) is 26.2 Å². The summed E-state index contributed by atoms with van der Waals surface area (Å²) >= 11 is 0. The summed E-state index contributed by atoms with van der Waals surface area (Å²) in [7, 11) is -3.82. The molecule has 0 spiro atoms. The van der Waals surface area contributed by atoms with E-state index in [0.717, 1.165) is 30.3 Å². The van der Waals surface area contributed by atoms with Crippen LogP contribution in [0.5, 0.6) is 0 Å². The predicted molar refractivity (Wildman–Crippen MR) is 96.7 cm³/mol. The summed E-state index contributed by atoms with van der Waals surface area (Å²) in [6.45, 7) is 12.3. The van der Waals surface area contributed by atoms with Crippen molar-refractivity contribution in [1.29, 1.82) is 0 Å². The fourth-order valence-corrected chi connectivity index (χ4v) is 3.56. The van der Waals surface area contributed by atoms with Crippen LogP contribution in [0.2, 0.25) is 0 Å². The molecule has 0 aromatic carbocycles. The Balaban J connectivity index is 2.98. The lowest BCUT2D eigenvalue weighted by molar-refractivity contribution is 0.206. The van der Waals surface area contributed by atoms with Crippen LogP contribution in [0.25, 0.3) is 0 Å². The zero-order chi connectivity index (χ0) is 18.9. The molecule has 0 atom stereocenters. The van der Waals surface area contributed by atoms with E-state index in [2.05, 4.69) is 30.2 Å². The number of rotatable bonds is 11. The van der Waals surface area contributed by atoms with E-state index in [9.17, 15) is 13.2 Å². The molecular formula is C16H27N5O3S. The van der Waals surface area contributed by atoms with Crippen LogP contribution in [0.3, 0.4) is 0 Å². The van der Waals surface area contributed by atoms with Crippen molar-refractivity contribution >= 4 is 16.1 Å². The van der Waals surface area contributed by atoms with Gasteiger partial charge < -0.3 is 4.90 Å². The fourth-order valence-electron chi connectivity index (χ4n) is 2.25. The molecule has 0 aliphatic carbocycles. The zero-order valence-corrected chi connectivity index (χ0v) is 15.8. The summed E-state index contributed by atoms with van der Waals surface area (Å²) < 4.78 is 27.6.